The Labute approximate surface area is 201 Å². The smallest absolute Gasteiger partial charge is 0.407 e. The highest BCUT2D eigenvalue weighted by atomic mass is 32.1. The number of alkyl carbamates (subject to hydrolysis) is 1. The van der Waals surface area contributed by atoms with Gasteiger partial charge in [-0.25, -0.2) is 9.18 Å². The number of halogens is 1. The number of benzene rings is 1. The van der Waals surface area contributed by atoms with E-state index >= 15 is 0 Å². The third-order valence-electron chi connectivity index (χ3n) is 6.56. The summed E-state index contributed by atoms with van der Waals surface area (Å²) in [5.74, 6) is -0.708. The lowest BCUT2D eigenvalue weighted by molar-refractivity contribution is -0.117. The number of alkyl halides is 1. The van der Waals surface area contributed by atoms with Gasteiger partial charge in [-0.3, -0.25) is 9.59 Å². The van der Waals surface area contributed by atoms with Crippen molar-refractivity contribution >= 4 is 34.2 Å². The number of hydrogen-bond acceptors (Lipinski definition) is 5. The van der Waals surface area contributed by atoms with Crippen LogP contribution in [-0.4, -0.2) is 36.7 Å². The first kappa shape index (κ1) is 22.8. The van der Waals surface area contributed by atoms with Crippen LogP contribution >= 0.6 is 11.3 Å². The molecule has 9 heteroatoms. The first-order valence-electron chi connectivity index (χ1n) is 11.8. The predicted octanol–water partition coefficient (Wildman–Crippen LogP) is 3.97. The average molecular weight is 486 g/mol. The molecule has 3 amide bonds. The molecule has 5 rings (SSSR count). The number of thiophene rings is 1. The van der Waals surface area contributed by atoms with Crippen molar-refractivity contribution in [2.75, 3.05) is 11.9 Å². The molecule has 3 aliphatic rings. The zero-order chi connectivity index (χ0) is 23.7. The molecule has 1 heterocycles. The normalized spacial score (nSPS) is 22.9. The summed E-state index contributed by atoms with van der Waals surface area (Å²) >= 11 is 1.38. The van der Waals surface area contributed by atoms with Gasteiger partial charge in [-0.1, -0.05) is 30.3 Å². The molecule has 1 aromatic carbocycles. The summed E-state index contributed by atoms with van der Waals surface area (Å²) in [6.45, 7) is 0.796. The number of fused-ring (bicyclic) bond motifs is 1. The molecule has 0 aliphatic heterocycles. The van der Waals surface area contributed by atoms with Gasteiger partial charge in [0.1, 0.15) is 17.8 Å². The van der Waals surface area contributed by atoms with Crippen LogP contribution in [0.4, 0.5) is 14.2 Å². The molecule has 0 spiro atoms. The van der Waals surface area contributed by atoms with Gasteiger partial charge in [0.2, 0.25) is 5.91 Å². The summed E-state index contributed by atoms with van der Waals surface area (Å²) in [6.07, 6.45) is 2.73. The first-order chi connectivity index (χ1) is 16.5. The van der Waals surface area contributed by atoms with E-state index in [4.69, 9.17) is 4.74 Å². The summed E-state index contributed by atoms with van der Waals surface area (Å²) in [4.78, 5) is 38.9. The molecular formula is C25H28FN3O4S. The Bertz CT molecular complexity index is 1090. The molecule has 3 atom stereocenters. The zero-order valence-electron chi connectivity index (χ0n) is 18.8. The topological polar surface area (TPSA) is 96.5 Å². The molecule has 2 fully saturated rings. The molecule has 0 radical (unpaired) electrons. The molecule has 7 nitrogen and oxygen atoms in total. The number of anilines is 1. The van der Waals surface area contributed by atoms with Crippen LogP contribution in [-0.2, 0) is 29.0 Å². The highest BCUT2D eigenvalue weighted by molar-refractivity contribution is 7.17. The Balaban J connectivity index is 1.27. The summed E-state index contributed by atoms with van der Waals surface area (Å²) in [6, 6.07) is 9.28. The zero-order valence-corrected chi connectivity index (χ0v) is 19.6. The number of carbonyl (C=O) groups excluding carboxylic acids is 3. The lowest BCUT2D eigenvalue weighted by Gasteiger charge is -2.24. The molecule has 2 saturated carbocycles. The summed E-state index contributed by atoms with van der Waals surface area (Å²) in [5.41, 5.74) is 2.21. The average Bonchev–Trinajstić information content (AvgIpc) is 3.75. The summed E-state index contributed by atoms with van der Waals surface area (Å²) in [7, 11) is 0. The van der Waals surface area contributed by atoms with Crippen molar-refractivity contribution in [2.45, 2.75) is 57.3 Å². The van der Waals surface area contributed by atoms with E-state index in [0.29, 0.717) is 42.3 Å². The standard InChI is InChI=1S/C25H28FN3O4S/c26-19-11-17(19)22(30)29-24-21(23(31)27-12-14-6-7-14)18-10-16(8-9-20(18)34-24)28-25(32)33-13-15-4-2-1-3-5-15/h1-5,14,16-17,19H,6-13H2,(H,27,31)(H,28,32)(H,29,30)/t16-,17+,19-/m0/s1. The maximum absolute atomic E-state index is 13.4. The van der Waals surface area contributed by atoms with E-state index in [1.54, 1.807) is 0 Å². The molecule has 34 heavy (non-hydrogen) atoms. The van der Waals surface area contributed by atoms with Gasteiger partial charge in [-0.05, 0) is 55.6 Å². The van der Waals surface area contributed by atoms with Crippen molar-refractivity contribution in [1.29, 1.82) is 0 Å². The molecular weight excluding hydrogens is 457 g/mol. The van der Waals surface area contributed by atoms with E-state index < -0.39 is 18.2 Å². The minimum Gasteiger partial charge on any atom is -0.445 e. The third kappa shape index (κ3) is 5.41. The van der Waals surface area contributed by atoms with E-state index in [1.807, 2.05) is 30.3 Å². The molecule has 0 unspecified atom stereocenters. The second-order valence-electron chi connectivity index (χ2n) is 9.35. The summed E-state index contributed by atoms with van der Waals surface area (Å²) in [5, 5.41) is 9.19. The molecule has 1 aromatic heterocycles. The lowest BCUT2D eigenvalue weighted by atomic mass is 9.91. The fourth-order valence-electron chi connectivity index (χ4n) is 4.25. The molecule has 0 saturated heterocycles. The fraction of sp³-hybridized carbons (Fsp3) is 0.480. The highest BCUT2D eigenvalue weighted by Gasteiger charge is 2.44. The van der Waals surface area contributed by atoms with Crippen LogP contribution in [0.5, 0.6) is 0 Å². The van der Waals surface area contributed by atoms with Gasteiger partial charge in [-0.2, -0.15) is 0 Å². The quantitative estimate of drug-likeness (QED) is 0.527. The van der Waals surface area contributed by atoms with Crippen LogP contribution in [0, 0.1) is 11.8 Å². The third-order valence-corrected chi connectivity index (χ3v) is 7.76. The molecule has 3 N–H and O–H groups in total. The van der Waals surface area contributed by atoms with Crippen molar-refractivity contribution < 1.29 is 23.5 Å². The van der Waals surface area contributed by atoms with Crippen LogP contribution < -0.4 is 16.0 Å². The van der Waals surface area contributed by atoms with Crippen LogP contribution in [0.25, 0.3) is 0 Å². The maximum atomic E-state index is 13.4. The van der Waals surface area contributed by atoms with Crippen molar-refractivity contribution in [3.63, 3.8) is 0 Å². The first-order valence-corrected chi connectivity index (χ1v) is 12.6. The van der Waals surface area contributed by atoms with Crippen LogP contribution in [0.1, 0.15) is 52.0 Å². The Hall–Kier alpha value is -2.94. The minimum atomic E-state index is -1.10. The van der Waals surface area contributed by atoms with E-state index in [2.05, 4.69) is 16.0 Å². The van der Waals surface area contributed by atoms with Crippen molar-refractivity contribution in [1.82, 2.24) is 10.6 Å². The number of hydrogen-bond donors (Lipinski definition) is 3. The molecule has 2 aromatic rings. The minimum absolute atomic E-state index is 0.178. The Morgan fingerprint density at radius 2 is 1.88 bits per heavy atom. The number of ether oxygens (including phenoxy) is 1. The van der Waals surface area contributed by atoms with E-state index in [9.17, 15) is 18.8 Å². The van der Waals surface area contributed by atoms with Gasteiger partial charge in [0.15, 0.2) is 0 Å². The van der Waals surface area contributed by atoms with Crippen LogP contribution in [0.2, 0.25) is 0 Å². The number of aryl methyl sites for hydroxylation is 1. The van der Waals surface area contributed by atoms with Crippen LogP contribution in [0.3, 0.4) is 0 Å². The number of rotatable bonds is 8. The van der Waals surface area contributed by atoms with Crippen molar-refractivity contribution in [3.8, 4) is 0 Å². The molecule has 180 valence electrons. The SMILES string of the molecule is O=C(N[C@H]1CCc2sc(NC(=O)[C@@H]3C[C@@H]3F)c(C(=O)NCC3CC3)c2C1)OCc1ccccc1. The van der Waals surface area contributed by atoms with Crippen LogP contribution in [0.15, 0.2) is 30.3 Å². The Morgan fingerprint density at radius 3 is 2.59 bits per heavy atom. The largest absolute Gasteiger partial charge is 0.445 e. The predicted molar refractivity (Wildman–Crippen MR) is 127 cm³/mol. The van der Waals surface area contributed by atoms with E-state index in [1.165, 1.54) is 11.3 Å². The van der Waals surface area contributed by atoms with E-state index in [0.717, 1.165) is 28.8 Å². The van der Waals surface area contributed by atoms with Gasteiger partial charge in [0.05, 0.1) is 11.5 Å². The monoisotopic (exact) mass is 485 g/mol. The van der Waals surface area contributed by atoms with Gasteiger partial charge >= 0.3 is 6.09 Å². The molecule has 3 aliphatic carbocycles. The second kappa shape index (κ2) is 9.74. The van der Waals surface area contributed by atoms with Gasteiger partial charge in [-0.15, -0.1) is 11.3 Å². The Kier molecular flexibility index (Phi) is 6.54. The number of nitrogens with one attached hydrogen (secondary N) is 3. The lowest BCUT2D eigenvalue weighted by Crippen LogP contribution is -2.39. The Morgan fingerprint density at radius 1 is 1.12 bits per heavy atom. The summed E-state index contributed by atoms with van der Waals surface area (Å²) < 4.78 is 18.7. The number of amides is 3. The van der Waals surface area contributed by atoms with Gasteiger partial charge in [0.25, 0.3) is 5.91 Å². The van der Waals surface area contributed by atoms with Crippen molar-refractivity contribution in [2.24, 2.45) is 11.8 Å². The maximum Gasteiger partial charge on any atom is 0.407 e. The van der Waals surface area contributed by atoms with Gasteiger partial charge < -0.3 is 20.7 Å². The fourth-order valence-corrected chi connectivity index (χ4v) is 5.50. The molecule has 0 bridgehead atoms. The second-order valence-corrected chi connectivity index (χ2v) is 10.5. The van der Waals surface area contributed by atoms with Crippen molar-refractivity contribution in [3.05, 3.63) is 51.9 Å². The number of carbonyl (C=O) groups is 3. The van der Waals surface area contributed by atoms with E-state index in [-0.39, 0.29) is 30.9 Å². The highest BCUT2D eigenvalue weighted by Crippen LogP contribution is 2.41. The van der Waals surface area contributed by atoms with Gasteiger partial charge in [0, 0.05) is 17.5 Å².